The molecule has 0 unspecified atom stereocenters. The summed E-state index contributed by atoms with van der Waals surface area (Å²) < 4.78 is 38.2. The second kappa shape index (κ2) is 9.74. The van der Waals surface area contributed by atoms with E-state index in [2.05, 4.69) is 27.9 Å². The first-order chi connectivity index (χ1) is 15.9. The molecule has 1 aliphatic rings. The fourth-order valence-corrected chi connectivity index (χ4v) is 4.14. The van der Waals surface area contributed by atoms with Crippen molar-refractivity contribution in [2.75, 3.05) is 17.3 Å². The maximum Gasteiger partial charge on any atom is 0.337 e. The number of fused-ring (bicyclic) bond motifs is 1. The quantitative estimate of drug-likeness (QED) is 0.233. The zero-order valence-electron chi connectivity index (χ0n) is 17.5. The molecule has 0 saturated carbocycles. The molecule has 170 valence electrons. The molecule has 1 aliphatic heterocycles. The molecule has 0 aromatic heterocycles. The monoisotopic (exact) mass is 564 g/mol. The molecule has 3 aromatic rings. The SMILES string of the molecule is COC(=O)c1ccc2c(c1)NC(=O)N(c1cc(OCc3ccc(F)cc3F)ccc1CI)C2. The number of hydrogen-bond acceptors (Lipinski definition) is 4. The molecule has 6 nitrogen and oxygen atoms in total. The van der Waals surface area contributed by atoms with Gasteiger partial charge in [-0.05, 0) is 41.5 Å². The van der Waals surface area contributed by atoms with E-state index in [1.165, 1.54) is 19.2 Å². The lowest BCUT2D eigenvalue weighted by Gasteiger charge is -2.31. The number of carbonyl (C=O) groups is 2. The van der Waals surface area contributed by atoms with Crippen molar-refractivity contribution in [1.29, 1.82) is 0 Å². The van der Waals surface area contributed by atoms with Crippen LogP contribution in [0.25, 0.3) is 0 Å². The number of amides is 2. The third-order valence-electron chi connectivity index (χ3n) is 5.25. The lowest BCUT2D eigenvalue weighted by molar-refractivity contribution is 0.0600. The highest BCUT2D eigenvalue weighted by Gasteiger charge is 2.27. The van der Waals surface area contributed by atoms with Gasteiger partial charge in [-0.25, -0.2) is 18.4 Å². The highest BCUT2D eigenvalue weighted by atomic mass is 127. The molecule has 1 heterocycles. The number of hydrogen-bond donors (Lipinski definition) is 1. The molecule has 0 radical (unpaired) electrons. The number of urea groups is 1. The van der Waals surface area contributed by atoms with Crippen molar-refractivity contribution >= 4 is 46.0 Å². The Kier molecular flexibility index (Phi) is 6.77. The Morgan fingerprint density at radius 1 is 1.09 bits per heavy atom. The van der Waals surface area contributed by atoms with Crippen molar-refractivity contribution in [3.05, 3.63) is 88.5 Å². The van der Waals surface area contributed by atoms with Crippen LogP contribution < -0.4 is 15.0 Å². The Morgan fingerprint density at radius 2 is 1.88 bits per heavy atom. The van der Waals surface area contributed by atoms with Crippen molar-refractivity contribution in [2.24, 2.45) is 0 Å². The van der Waals surface area contributed by atoms with E-state index in [0.29, 0.717) is 33.7 Å². The molecule has 9 heteroatoms. The highest BCUT2D eigenvalue weighted by Crippen LogP contribution is 2.34. The number of nitrogens with one attached hydrogen (secondary N) is 1. The predicted molar refractivity (Wildman–Crippen MR) is 128 cm³/mol. The zero-order chi connectivity index (χ0) is 23.5. The summed E-state index contributed by atoms with van der Waals surface area (Å²) in [7, 11) is 1.30. The Labute approximate surface area is 202 Å². The largest absolute Gasteiger partial charge is 0.489 e. The van der Waals surface area contributed by atoms with E-state index in [0.717, 1.165) is 17.2 Å². The molecule has 0 atom stereocenters. The number of nitrogens with zero attached hydrogens (tertiary/aromatic N) is 1. The van der Waals surface area contributed by atoms with E-state index in [1.54, 1.807) is 35.2 Å². The topological polar surface area (TPSA) is 67.9 Å². The molecular weight excluding hydrogens is 545 g/mol. The van der Waals surface area contributed by atoms with Gasteiger partial charge in [-0.3, -0.25) is 4.90 Å². The van der Waals surface area contributed by atoms with Gasteiger partial charge in [0.15, 0.2) is 0 Å². The normalized spacial score (nSPS) is 12.7. The third kappa shape index (κ3) is 4.92. The van der Waals surface area contributed by atoms with Gasteiger partial charge < -0.3 is 14.8 Å². The van der Waals surface area contributed by atoms with Gasteiger partial charge in [0.1, 0.15) is 24.0 Å². The number of anilines is 2. The van der Waals surface area contributed by atoms with Gasteiger partial charge in [-0.1, -0.05) is 34.7 Å². The summed E-state index contributed by atoms with van der Waals surface area (Å²) in [5, 5.41) is 2.82. The maximum absolute atomic E-state index is 13.9. The zero-order valence-corrected chi connectivity index (χ0v) is 19.7. The number of rotatable bonds is 6. The molecular formula is C24H19F2IN2O4. The van der Waals surface area contributed by atoms with Crippen molar-refractivity contribution in [3.8, 4) is 5.75 Å². The summed E-state index contributed by atoms with van der Waals surface area (Å²) >= 11 is 2.21. The van der Waals surface area contributed by atoms with Crippen LogP contribution in [-0.2, 0) is 22.3 Å². The smallest absolute Gasteiger partial charge is 0.337 e. The van der Waals surface area contributed by atoms with Crippen molar-refractivity contribution in [2.45, 2.75) is 17.6 Å². The number of esters is 1. The molecule has 2 amide bonds. The van der Waals surface area contributed by atoms with E-state index in [-0.39, 0.29) is 18.2 Å². The Bertz CT molecular complexity index is 1240. The minimum Gasteiger partial charge on any atom is -0.489 e. The van der Waals surface area contributed by atoms with E-state index in [4.69, 9.17) is 9.47 Å². The highest BCUT2D eigenvalue weighted by molar-refractivity contribution is 14.1. The summed E-state index contributed by atoms with van der Waals surface area (Å²) in [5.41, 5.74) is 3.53. The lowest BCUT2D eigenvalue weighted by Crippen LogP contribution is -2.39. The van der Waals surface area contributed by atoms with Crippen LogP contribution in [0, 0.1) is 11.6 Å². The predicted octanol–water partition coefficient (Wildman–Crippen LogP) is 5.82. The minimum atomic E-state index is -0.683. The van der Waals surface area contributed by atoms with E-state index in [9.17, 15) is 18.4 Å². The molecule has 3 aromatic carbocycles. The number of benzene rings is 3. The summed E-state index contributed by atoms with van der Waals surface area (Å²) in [5.74, 6) is -1.37. The number of carbonyl (C=O) groups excluding carboxylic acids is 2. The first-order valence-electron chi connectivity index (χ1n) is 9.95. The fraction of sp³-hybridized carbons (Fsp3) is 0.167. The van der Waals surface area contributed by atoms with Crippen molar-refractivity contribution in [1.82, 2.24) is 0 Å². The van der Waals surface area contributed by atoms with Crippen molar-refractivity contribution < 1.29 is 27.8 Å². The van der Waals surface area contributed by atoms with Crippen LogP contribution in [0.3, 0.4) is 0 Å². The molecule has 33 heavy (non-hydrogen) atoms. The van der Waals surface area contributed by atoms with Gasteiger partial charge in [-0.15, -0.1) is 0 Å². The molecule has 4 rings (SSSR count). The Morgan fingerprint density at radius 3 is 2.61 bits per heavy atom. The van der Waals surface area contributed by atoms with E-state index in [1.807, 2.05) is 6.07 Å². The molecule has 0 aliphatic carbocycles. The Hall–Kier alpha value is -3.21. The van der Waals surface area contributed by atoms with E-state index < -0.39 is 17.6 Å². The number of halogens is 3. The van der Waals surface area contributed by atoms with Gasteiger partial charge in [-0.2, -0.15) is 0 Å². The average Bonchev–Trinajstić information content (AvgIpc) is 2.82. The Balaban J connectivity index is 1.59. The summed E-state index contributed by atoms with van der Waals surface area (Å²) in [6.45, 7) is 0.211. The number of ether oxygens (including phenoxy) is 2. The third-order valence-corrected chi connectivity index (χ3v) is 6.07. The van der Waals surface area contributed by atoms with Crippen LogP contribution in [0.4, 0.5) is 25.0 Å². The van der Waals surface area contributed by atoms with Crippen LogP contribution in [0.5, 0.6) is 5.75 Å². The second-order valence-electron chi connectivity index (χ2n) is 7.33. The molecule has 0 fully saturated rings. The molecule has 0 bridgehead atoms. The number of alkyl halides is 1. The summed E-state index contributed by atoms with van der Waals surface area (Å²) in [4.78, 5) is 26.3. The first kappa shape index (κ1) is 23.0. The molecule has 1 N–H and O–H groups in total. The first-order valence-corrected chi connectivity index (χ1v) is 11.5. The van der Waals surface area contributed by atoms with Gasteiger partial charge in [0.2, 0.25) is 0 Å². The average molecular weight is 564 g/mol. The summed E-state index contributed by atoms with van der Waals surface area (Å²) in [6.07, 6.45) is 0. The van der Waals surface area contributed by atoms with Crippen LogP contribution in [-0.4, -0.2) is 19.1 Å². The lowest BCUT2D eigenvalue weighted by atomic mass is 10.1. The molecule has 0 saturated heterocycles. The van der Waals surface area contributed by atoms with Crippen LogP contribution in [0.15, 0.2) is 54.6 Å². The molecule has 0 spiro atoms. The van der Waals surface area contributed by atoms with Crippen LogP contribution in [0.2, 0.25) is 0 Å². The number of methoxy groups -OCH3 is 1. The van der Waals surface area contributed by atoms with Gasteiger partial charge >= 0.3 is 12.0 Å². The summed E-state index contributed by atoms with van der Waals surface area (Å²) in [6, 6.07) is 13.3. The minimum absolute atomic E-state index is 0.0829. The fourth-order valence-electron chi connectivity index (χ4n) is 3.49. The van der Waals surface area contributed by atoms with Gasteiger partial charge in [0, 0.05) is 27.8 Å². The van der Waals surface area contributed by atoms with E-state index >= 15 is 0 Å². The van der Waals surface area contributed by atoms with Gasteiger partial charge in [0.05, 0.1) is 24.9 Å². The van der Waals surface area contributed by atoms with Crippen molar-refractivity contribution in [3.63, 3.8) is 0 Å². The second-order valence-corrected chi connectivity index (χ2v) is 8.09. The van der Waals surface area contributed by atoms with Gasteiger partial charge in [0.25, 0.3) is 0 Å². The maximum atomic E-state index is 13.9. The van der Waals surface area contributed by atoms with Crippen LogP contribution >= 0.6 is 22.6 Å². The van der Waals surface area contributed by atoms with Crippen LogP contribution in [0.1, 0.15) is 27.0 Å². The standard InChI is InChI=1S/C24H19F2IN2O4/c1-32-23(30)14-2-3-16-12-29(24(31)28-21(16)8-14)22-10-19(7-5-15(22)11-27)33-13-17-4-6-18(25)9-20(17)26/h2-10H,11-13H2,1H3,(H,28,31).